The normalized spacial score (nSPS) is 10.6. The van der Waals surface area contributed by atoms with Gasteiger partial charge < -0.3 is 21.3 Å². The maximum atomic E-state index is 3.60. The first-order valence-electron chi connectivity index (χ1n) is 12.7. The maximum absolute atomic E-state index is 3.60. The van der Waals surface area contributed by atoms with Crippen molar-refractivity contribution in [2.75, 3.05) is 21.3 Å². The molecule has 0 amide bonds. The molecule has 4 heteroatoms. The molecule has 0 radical (unpaired) electrons. The lowest BCUT2D eigenvalue weighted by molar-refractivity contribution is 1.51. The van der Waals surface area contributed by atoms with Crippen LogP contribution in [0, 0.1) is 0 Å². The summed E-state index contributed by atoms with van der Waals surface area (Å²) in [5.41, 5.74) is 8.46. The Morgan fingerprint density at radius 1 is 0.237 bits per heavy atom. The first kappa shape index (κ1) is 23.2. The van der Waals surface area contributed by atoms with Crippen LogP contribution in [0.3, 0.4) is 0 Å². The van der Waals surface area contributed by atoms with Crippen LogP contribution in [0.4, 0.5) is 45.5 Å². The van der Waals surface area contributed by atoms with Crippen LogP contribution in [-0.4, -0.2) is 0 Å². The SMILES string of the molecule is c1ccc(Nc2ccc(Nc3ccc(Nc4ccc(Nc5ccccc5)cc4)c4ccccc34)cc2)cc1. The van der Waals surface area contributed by atoms with Crippen molar-refractivity contribution in [2.45, 2.75) is 0 Å². The van der Waals surface area contributed by atoms with Crippen molar-refractivity contribution in [1.29, 1.82) is 0 Å². The van der Waals surface area contributed by atoms with E-state index in [1.165, 1.54) is 0 Å². The van der Waals surface area contributed by atoms with Crippen LogP contribution >= 0.6 is 0 Å². The standard InChI is InChI=1S/C34H28N4/c1-3-9-25(10-4-1)35-27-15-19-29(20-16-27)37-33-23-24-34(32-14-8-7-13-31(32)33)38-30-21-17-28(18-22-30)36-26-11-5-2-6-12-26/h1-24,35-38H. The zero-order chi connectivity index (χ0) is 25.6. The van der Waals surface area contributed by atoms with Gasteiger partial charge in [0, 0.05) is 56.3 Å². The highest BCUT2D eigenvalue weighted by Crippen LogP contribution is 2.34. The van der Waals surface area contributed by atoms with E-state index < -0.39 is 0 Å². The van der Waals surface area contributed by atoms with Gasteiger partial charge in [0.15, 0.2) is 0 Å². The van der Waals surface area contributed by atoms with Gasteiger partial charge in [-0.05, 0) is 84.9 Å². The molecule has 0 saturated heterocycles. The van der Waals surface area contributed by atoms with Gasteiger partial charge in [0.05, 0.1) is 0 Å². The number of anilines is 8. The fraction of sp³-hybridized carbons (Fsp3) is 0. The summed E-state index contributed by atoms with van der Waals surface area (Å²) < 4.78 is 0. The second kappa shape index (κ2) is 10.8. The Bertz CT molecular complexity index is 1500. The minimum absolute atomic E-state index is 1.04. The highest BCUT2D eigenvalue weighted by Gasteiger charge is 2.07. The van der Waals surface area contributed by atoms with Crippen molar-refractivity contribution < 1.29 is 0 Å². The van der Waals surface area contributed by atoms with Gasteiger partial charge in [-0.3, -0.25) is 0 Å². The summed E-state index contributed by atoms with van der Waals surface area (Å²) in [6.07, 6.45) is 0. The van der Waals surface area contributed by atoms with Gasteiger partial charge in [-0.2, -0.15) is 0 Å². The molecule has 4 nitrogen and oxygen atoms in total. The van der Waals surface area contributed by atoms with Gasteiger partial charge in [-0.15, -0.1) is 0 Å². The van der Waals surface area contributed by atoms with Crippen LogP contribution in [-0.2, 0) is 0 Å². The lowest BCUT2D eigenvalue weighted by atomic mass is 10.1. The van der Waals surface area contributed by atoms with Gasteiger partial charge in [-0.1, -0.05) is 60.7 Å². The predicted molar refractivity (Wildman–Crippen MR) is 163 cm³/mol. The summed E-state index contributed by atoms with van der Waals surface area (Å²) in [6, 6.07) is 49.8. The topological polar surface area (TPSA) is 48.1 Å². The molecule has 4 N–H and O–H groups in total. The van der Waals surface area contributed by atoms with Crippen molar-refractivity contribution in [1.82, 2.24) is 0 Å². The molecule has 0 atom stereocenters. The Hall–Kier alpha value is -5.22. The molecular weight excluding hydrogens is 464 g/mol. The smallest absolute Gasteiger partial charge is 0.0465 e. The Morgan fingerprint density at radius 2 is 0.526 bits per heavy atom. The monoisotopic (exact) mass is 492 g/mol. The number of nitrogens with one attached hydrogen (secondary N) is 4. The third-order valence-corrected chi connectivity index (χ3v) is 6.38. The summed E-state index contributed by atoms with van der Waals surface area (Å²) in [4.78, 5) is 0. The number of para-hydroxylation sites is 2. The molecule has 38 heavy (non-hydrogen) atoms. The van der Waals surface area contributed by atoms with Gasteiger partial charge in [-0.25, -0.2) is 0 Å². The third-order valence-electron chi connectivity index (χ3n) is 6.38. The molecule has 0 spiro atoms. The van der Waals surface area contributed by atoms with Crippen molar-refractivity contribution in [3.05, 3.63) is 146 Å². The molecule has 0 aromatic heterocycles. The summed E-state index contributed by atoms with van der Waals surface area (Å²) in [7, 11) is 0. The average molecular weight is 493 g/mol. The van der Waals surface area contributed by atoms with Crippen molar-refractivity contribution >= 4 is 56.3 Å². The average Bonchev–Trinajstić information content (AvgIpc) is 2.97. The molecule has 0 aliphatic carbocycles. The van der Waals surface area contributed by atoms with Crippen LogP contribution in [0.5, 0.6) is 0 Å². The minimum atomic E-state index is 1.04. The highest BCUT2D eigenvalue weighted by molar-refractivity contribution is 6.03. The van der Waals surface area contributed by atoms with E-state index in [2.05, 4.69) is 130 Å². The predicted octanol–water partition coefficient (Wildman–Crippen LogP) is 9.81. The molecule has 6 rings (SSSR count). The van der Waals surface area contributed by atoms with E-state index in [4.69, 9.17) is 0 Å². The first-order valence-corrected chi connectivity index (χ1v) is 12.7. The second-order valence-electron chi connectivity index (χ2n) is 9.09. The molecular formula is C34H28N4. The van der Waals surface area contributed by atoms with E-state index in [1.54, 1.807) is 0 Å². The third kappa shape index (κ3) is 5.45. The molecule has 0 aliphatic heterocycles. The van der Waals surface area contributed by atoms with Crippen LogP contribution in [0.15, 0.2) is 146 Å². The zero-order valence-electron chi connectivity index (χ0n) is 20.9. The van der Waals surface area contributed by atoms with E-state index in [0.29, 0.717) is 0 Å². The lowest BCUT2D eigenvalue weighted by Crippen LogP contribution is -1.96. The van der Waals surface area contributed by atoms with Crippen molar-refractivity contribution in [3.63, 3.8) is 0 Å². The number of hydrogen-bond acceptors (Lipinski definition) is 4. The molecule has 0 bridgehead atoms. The second-order valence-corrected chi connectivity index (χ2v) is 9.09. The number of fused-ring (bicyclic) bond motifs is 1. The van der Waals surface area contributed by atoms with E-state index >= 15 is 0 Å². The van der Waals surface area contributed by atoms with Crippen LogP contribution in [0.1, 0.15) is 0 Å². The van der Waals surface area contributed by atoms with E-state index in [9.17, 15) is 0 Å². The van der Waals surface area contributed by atoms with Crippen LogP contribution in [0.25, 0.3) is 10.8 Å². The fourth-order valence-electron chi connectivity index (χ4n) is 4.48. The molecule has 0 heterocycles. The van der Waals surface area contributed by atoms with Crippen LogP contribution < -0.4 is 21.3 Å². The quantitative estimate of drug-likeness (QED) is 0.171. The summed E-state index contributed by atoms with van der Waals surface area (Å²) >= 11 is 0. The fourth-order valence-corrected chi connectivity index (χ4v) is 4.48. The van der Waals surface area contributed by atoms with E-state index in [0.717, 1.165) is 56.3 Å². The molecule has 0 unspecified atom stereocenters. The van der Waals surface area contributed by atoms with Gasteiger partial charge >= 0.3 is 0 Å². The molecule has 184 valence electrons. The molecule has 6 aromatic rings. The highest BCUT2D eigenvalue weighted by atomic mass is 14.9. The van der Waals surface area contributed by atoms with Gasteiger partial charge in [0.2, 0.25) is 0 Å². The molecule has 6 aromatic carbocycles. The summed E-state index contributed by atoms with van der Waals surface area (Å²) in [5, 5.41) is 16.4. The van der Waals surface area contributed by atoms with Crippen molar-refractivity contribution in [3.8, 4) is 0 Å². The lowest BCUT2D eigenvalue weighted by Gasteiger charge is -2.15. The zero-order valence-corrected chi connectivity index (χ0v) is 20.9. The van der Waals surface area contributed by atoms with Crippen LogP contribution in [0.2, 0.25) is 0 Å². The Labute approximate surface area is 223 Å². The first-order chi connectivity index (χ1) is 18.8. The Morgan fingerprint density at radius 3 is 0.895 bits per heavy atom. The van der Waals surface area contributed by atoms with Gasteiger partial charge in [0.25, 0.3) is 0 Å². The van der Waals surface area contributed by atoms with E-state index in [1.807, 2.05) is 36.4 Å². The summed E-state index contributed by atoms with van der Waals surface area (Å²) in [5.74, 6) is 0. The molecule has 0 saturated carbocycles. The molecule has 0 aliphatic rings. The largest absolute Gasteiger partial charge is 0.356 e. The van der Waals surface area contributed by atoms with Gasteiger partial charge in [0.1, 0.15) is 0 Å². The number of hydrogen-bond donors (Lipinski definition) is 4. The molecule has 0 fully saturated rings. The summed E-state index contributed by atoms with van der Waals surface area (Å²) in [6.45, 7) is 0. The maximum Gasteiger partial charge on any atom is 0.0465 e. The minimum Gasteiger partial charge on any atom is -0.356 e. The number of benzene rings is 6. The van der Waals surface area contributed by atoms with Crippen molar-refractivity contribution in [2.24, 2.45) is 0 Å². The number of rotatable bonds is 8. The van der Waals surface area contributed by atoms with E-state index in [-0.39, 0.29) is 0 Å². The Kier molecular flexibility index (Phi) is 6.60. The Balaban J connectivity index is 1.18.